The van der Waals surface area contributed by atoms with Gasteiger partial charge < -0.3 is 31.5 Å². The highest BCUT2D eigenvalue weighted by Crippen LogP contribution is 2.38. The van der Waals surface area contributed by atoms with Gasteiger partial charge in [-0.25, -0.2) is 4.98 Å². The summed E-state index contributed by atoms with van der Waals surface area (Å²) in [5.41, 5.74) is 9.69. The zero-order valence-electron chi connectivity index (χ0n) is 11.3. The highest BCUT2D eigenvalue weighted by atomic mass is 16.6. The normalized spacial score (nSPS) is 31.5. The van der Waals surface area contributed by atoms with Crippen molar-refractivity contribution < 1.29 is 20.1 Å². The molecule has 4 atom stereocenters. The molecule has 0 aliphatic carbocycles. The fourth-order valence-electron chi connectivity index (χ4n) is 2.47. The van der Waals surface area contributed by atoms with Crippen molar-refractivity contribution in [1.82, 2.24) is 19.5 Å². The lowest BCUT2D eigenvalue weighted by atomic mass is 9.93. The third-order valence-corrected chi connectivity index (χ3v) is 3.65. The Morgan fingerprint density at radius 1 is 1.45 bits per heavy atom. The van der Waals surface area contributed by atoms with Crippen molar-refractivity contribution in [2.24, 2.45) is 0 Å². The van der Waals surface area contributed by atoms with Crippen LogP contribution < -0.4 is 11.5 Å². The van der Waals surface area contributed by atoms with Gasteiger partial charge in [0.25, 0.3) is 0 Å². The van der Waals surface area contributed by atoms with E-state index in [-0.39, 0.29) is 22.9 Å². The first-order valence-corrected chi connectivity index (χ1v) is 6.32. The number of aliphatic hydroxyl groups is 3. The number of fused-ring (bicyclic) bond motifs is 1. The molecule has 2 aromatic rings. The predicted molar refractivity (Wildman–Crippen MR) is 74.9 cm³/mol. The van der Waals surface area contributed by atoms with Crippen LogP contribution in [0.3, 0.4) is 0 Å². The maximum atomic E-state index is 10.3. The Balaban J connectivity index is 2.11. The van der Waals surface area contributed by atoms with E-state index in [1.54, 1.807) is 0 Å². The monoisotopic (exact) mass is 306 g/mol. The van der Waals surface area contributed by atoms with Crippen molar-refractivity contribution in [3.63, 3.8) is 0 Å². The molecule has 1 fully saturated rings. The van der Waals surface area contributed by atoms with Gasteiger partial charge in [-0.2, -0.15) is 9.97 Å². The van der Waals surface area contributed by atoms with Gasteiger partial charge in [-0.05, 0) is 0 Å². The van der Waals surface area contributed by atoms with Crippen molar-refractivity contribution >= 4 is 22.9 Å². The Labute approximate surface area is 124 Å². The van der Waals surface area contributed by atoms with Crippen molar-refractivity contribution in [2.75, 3.05) is 18.1 Å². The van der Waals surface area contributed by atoms with Gasteiger partial charge in [0.15, 0.2) is 23.3 Å². The maximum Gasteiger partial charge on any atom is 0.224 e. The number of nitrogens with two attached hydrogens (primary N) is 2. The largest absolute Gasteiger partial charge is 0.394 e. The summed E-state index contributed by atoms with van der Waals surface area (Å²) in [6, 6.07) is 0. The molecule has 1 aliphatic rings. The number of hydrogen-bond donors (Lipinski definition) is 5. The van der Waals surface area contributed by atoms with Gasteiger partial charge in [-0.15, -0.1) is 6.42 Å². The van der Waals surface area contributed by atoms with Crippen LogP contribution in [0.25, 0.3) is 11.2 Å². The number of aromatic nitrogens is 4. The Morgan fingerprint density at radius 2 is 2.18 bits per heavy atom. The number of nitrogens with zero attached hydrogens (tertiary/aromatic N) is 4. The van der Waals surface area contributed by atoms with E-state index in [4.69, 9.17) is 22.6 Å². The quantitative estimate of drug-likeness (QED) is 0.380. The topological polar surface area (TPSA) is 166 Å². The van der Waals surface area contributed by atoms with Crippen LogP contribution in [-0.2, 0) is 4.74 Å². The van der Waals surface area contributed by atoms with Crippen molar-refractivity contribution in [3.05, 3.63) is 6.33 Å². The molecule has 2 aromatic heterocycles. The molecule has 116 valence electrons. The summed E-state index contributed by atoms with van der Waals surface area (Å²) < 4.78 is 6.78. The smallest absolute Gasteiger partial charge is 0.224 e. The number of aliphatic hydroxyl groups excluding tert-OH is 2. The van der Waals surface area contributed by atoms with Gasteiger partial charge in [0.2, 0.25) is 5.95 Å². The minimum atomic E-state index is -2.04. The summed E-state index contributed by atoms with van der Waals surface area (Å²) in [5.74, 6) is 2.05. The second-order valence-electron chi connectivity index (χ2n) is 4.90. The molecule has 0 aromatic carbocycles. The standard InChI is InChI=1S/C12H14N6O4/c1-2-12(21)5(3-19)22-10(7(12)20)18-4-15-6-8(13)16-11(14)17-9(6)18/h1,4-5,7,10,19-21H,3H2,(H4,13,14,16,17)/t5-,7+,10-,12-/m1/s1. The lowest BCUT2D eigenvalue weighted by molar-refractivity contribution is -0.0605. The Kier molecular flexibility index (Phi) is 3.15. The van der Waals surface area contributed by atoms with Crippen LogP contribution in [0, 0.1) is 12.3 Å². The molecule has 10 heteroatoms. The zero-order chi connectivity index (χ0) is 16.1. The number of hydrogen-bond acceptors (Lipinski definition) is 9. The lowest BCUT2D eigenvalue weighted by Gasteiger charge is -2.23. The van der Waals surface area contributed by atoms with Crippen LogP contribution in [0.2, 0.25) is 0 Å². The van der Waals surface area contributed by atoms with Gasteiger partial charge in [0.05, 0.1) is 12.9 Å². The minimum absolute atomic E-state index is 0.0691. The number of anilines is 2. The predicted octanol–water partition coefficient (Wildman–Crippen LogP) is -2.39. The molecule has 10 nitrogen and oxygen atoms in total. The molecule has 1 aliphatic heterocycles. The average molecular weight is 306 g/mol. The number of ether oxygens (including phenoxy) is 1. The number of rotatable bonds is 2. The van der Waals surface area contributed by atoms with Gasteiger partial charge in [-0.3, -0.25) is 4.57 Å². The molecule has 0 saturated carbocycles. The van der Waals surface area contributed by atoms with Crippen LogP contribution in [0.1, 0.15) is 6.23 Å². The molecule has 0 unspecified atom stereocenters. The second kappa shape index (κ2) is 4.79. The lowest BCUT2D eigenvalue weighted by Crippen LogP contribution is -2.47. The summed E-state index contributed by atoms with van der Waals surface area (Å²) in [4.78, 5) is 11.8. The summed E-state index contributed by atoms with van der Waals surface area (Å²) in [5, 5.41) is 29.9. The highest BCUT2D eigenvalue weighted by molar-refractivity contribution is 5.82. The molecule has 0 spiro atoms. The summed E-state index contributed by atoms with van der Waals surface area (Å²) in [6.45, 7) is -0.569. The van der Waals surface area contributed by atoms with E-state index in [0.717, 1.165) is 0 Å². The van der Waals surface area contributed by atoms with E-state index in [9.17, 15) is 15.3 Å². The first-order valence-electron chi connectivity index (χ1n) is 6.32. The molecular formula is C12H14N6O4. The third-order valence-electron chi connectivity index (χ3n) is 3.65. The number of nitrogen functional groups attached to an aromatic ring is 2. The SMILES string of the molecule is C#C[C@@]1(O)[C@@H](CO)O[C@@H](n2cnc3c(N)nc(N)nc32)[C@@H]1O. The van der Waals surface area contributed by atoms with E-state index in [1.165, 1.54) is 10.9 Å². The average Bonchev–Trinajstić information content (AvgIpc) is 3.00. The minimum Gasteiger partial charge on any atom is -0.394 e. The van der Waals surface area contributed by atoms with Crippen LogP contribution in [0.4, 0.5) is 11.8 Å². The Bertz CT molecular complexity index is 771. The fraction of sp³-hybridized carbons (Fsp3) is 0.417. The molecule has 3 heterocycles. The molecule has 0 radical (unpaired) electrons. The van der Waals surface area contributed by atoms with Crippen LogP contribution in [0.15, 0.2) is 6.33 Å². The molecular weight excluding hydrogens is 292 g/mol. The second-order valence-corrected chi connectivity index (χ2v) is 4.90. The van der Waals surface area contributed by atoms with E-state index < -0.39 is 30.6 Å². The summed E-state index contributed by atoms with van der Waals surface area (Å²) in [7, 11) is 0. The molecule has 1 saturated heterocycles. The van der Waals surface area contributed by atoms with E-state index in [1.807, 2.05) is 0 Å². The van der Waals surface area contributed by atoms with Gasteiger partial charge in [0, 0.05) is 0 Å². The zero-order valence-corrected chi connectivity index (χ0v) is 11.3. The molecule has 3 rings (SSSR count). The van der Waals surface area contributed by atoms with Crippen molar-refractivity contribution in [3.8, 4) is 12.3 Å². The highest BCUT2D eigenvalue weighted by Gasteiger charge is 2.55. The first-order chi connectivity index (χ1) is 10.4. The fourth-order valence-corrected chi connectivity index (χ4v) is 2.47. The third kappa shape index (κ3) is 1.81. The van der Waals surface area contributed by atoms with Crippen LogP contribution >= 0.6 is 0 Å². The van der Waals surface area contributed by atoms with Crippen molar-refractivity contribution in [1.29, 1.82) is 0 Å². The molecule has 22 heavy (non-hydrogen) atoms. The van der Waals surface area contributed by atoms with Gasteiger partial charge in [0.1, 0.15) is 17.7 Å². The summed E-state index contributed by atoms with van der Waals surface area (Å²) in [6.07, 6.45) is 2.78. The molecule has 0 bridgehead atoms. The van der Waals surface area contributed by atoms with Crippen molar-refractivity contribution in [2.45, 2.75) is 24.0 Å². The van der Waals surface area contributed by atoms with E-state index in [0.29, 0.717) is 0 Å². The van der Waals surface area contributed by atoms with Gasteiger partial charge >= 0.3 is 0 Å². The maximum absolute atomic E-state index is 10.3. The summed E-state index contributed by atoms with van der Waals surface area (Å²) >= 11 is 0. The first kappa shape index (κ1) is 14.5. The Hall–Kier alpha value is -2.45. The number of imidazole rings is 1. The van der Waals surface area contributed by atoms with Crippen LogP contribution in [0.5, 0.6) is 0 Å². The Morgan fingerprint density at radius 3 is 2.77 bits per heavy atom. The van der Waals surface area contributed by atoms with Crippen LogP contribution in [-0.4, -0.2) is 59.3 Å². The van der Waals surface area contributed by atoms with E-state index in [2.05, 4.69) is 20.9 Å². The molecule has 7 N–H and O–H groups in total. The number of terminal acetylenes is 1. The van der Waals surface area contributed by atoms with E-state index >= 15 is 0 Å². The molecule has 0 amide bonds. The van der Waals surface area contributed by atoms with Gasteiger partial charge in [-0.1, -0.05) is 5.92 Å².